The summed E-state index contributed by atoms with van der Waals surface area (Å²) in [5.74, 6) is 1.16. The Bertz CT molecular complexity index is 459. The van der Waals surface area contributed by atoms with Crippen LogP contribution in [0.15, 0.2) is 24.7 Å². The van der Waals surface area contributed by atoms with Gasteiger partial charge in [0.2, 0.25) is 0 Å². The molecule has 15 heavy (non-hydrogen) atoms. The molecule has 0 saturated heterocycles. The molecular formula is C11H14N4. The van der Waals surface area contributed by atoms with E-state index in [9.17, 15) is 0 Å². The zero-order valence-corrected chi connectivity index (χ0v) is 9.18. The predicted molar refractivity (Wildman–Crippen MR) is 58.3 cm³/mol. The van der Waals surface area contributed by atoms with Crippen molar-refractivity contribution < 1.29 is 0 Å². The Morgan fingerprint density at radius 3 is 2.73 bits per heavy atom. The van der Waals surface area contributed by atoms with Gasteiger partial charge in [-0.25, -0.2) is 9.97 Å². The summed E-state index contributed by atoms with van der Waals surface area (Å²) in [6.45, 7) is 4.24. The molecule has 4 nitrogen and oxygen atoms in total. The van der Waals surface area contributed by atoms with Gasteiger partial charge in [0, 0.05) is 25.1 Å². The van der Waals surface area contributed by atoms with E-state index in [1.54, 1.807) is 17.1 Å². The first-order chi connectivity index (χ1) is 7.16. The van der Waals surface area contributed by atoms with Crippen LogP contribution in [0.4, 0.5) is 0 Å². The van der Waals surface area contributed by atoms with Crippen molar-refractivity contribution in [2.45, 2.75) is 19.8 Å². The Balaban J connectivity index is 2.41. The van der Waals surface area contributed by atoms with Crippen LogP contribution in [0.1, 0.15) is 25.5 Å². The van der Waals surface area contributed by atoms with E-state index in [4.69, 9.17) is 0 Å². The fourth-order valence-electron chi connectivity index (χ4n) is 1.37. The number of aromatic nitrogens is 4. The molecule has 2 aromatic rings. The first-order valence-corrected chi connectivity index (χ1v) is 4.99. The lowest BCUT2D eigenvalue weighted by Gasteiger charge is -2.04. The molecule has 0 aliphatic heterocycles. The molecule has 2 heterocycles. The fraction of sp³-hybridized carbons (Fsp3) is 0.364. The highest BCUT2D eigenvalue weighted by molar-refractivity contribution is 5.51. The van der Waals surface area contributed by atoms with Crippen molar-refractivity contribution in [3.8, 4) is 11.4 Å². The minimum Gasteiger partial charge on any atom is -0.275 e. The van der Waals surface area contributed by atoms with Gasteiger partial charge in [0.1, 0.15) is 0 Å². The normalized spacial score (nSPS) is 10.9. The summed E-state index contributed by atoms with van der Waals surface area (Å²) in [5, 5.41) is 4.10. The molecule has 0 unspecified atom stereocenters. The number of nitrogens with zero attached hydrogens (tertiary/aromatic N) is 4. The van der Waals surface area contributed by atoms with Crippen LogP contribution in [0.2, 0.25) is 0 Å². The maximum Gasteiger partial charge on any atom is 0.162 e. The molecule has 0 aromatic carbocycles. The van der Waals surface area contributed by atoms with E-state index < -0.39 is 0 Å². The molecule has 0 saturated carbocycles. The lowest BCUT2D eigenvalue weighted by Crippen LogP contribution is -1.96. The van der Waals surface area contributed by atoms with E-state index in [1.165, 1.54) is 0 Å². The molecule has 0 amide bonds. The number of aryl methyl sites for hydroxylation is 1. The second kappa shape index (κ2) is 3.81. The lowest BCUT2D eigenvalue weighted by molar-refractivity contribution is 0.767. The van der Waals surface area contributed by atoms with Gasteiger partial charge in [0.25, 0.3) is 0 Å². The Morgan fingerprint density at radius 1 is 1.33 bits per heavy atom. The highest BCUT2D eigenvalue weighted by Gasteiger charge is 2.06. The first-order valence-electron chi connectivity index (χ1n) is 4.99. The van der Waals surface area contributed by atoms with Crippen molar-refractivity contribution in [3.05, 3.63) is 30.4 Å². The molecular weight excluding hydrogens is 188 g/mol. The average molecular weight is 202 g/mol. The molecule has 0 spiro atoms. The second-order valence-corrected chi connectivity index (χ2v) is 3.86. The van der Waals surface area contributed by atoms with E-state index in [2.05, 4.69) is 28.9 Å². The van der Waals surface area contributed by atoms with Gasteiger partial charge in [-0.15, -0.1) is 0 Å². The average Bonchev–Trinajstić information content (AvgIpc) is 2.65. The minimum atomic E-state index is 0.420. The molecule has 0 aliphatic rings. The van der Waals surface area contributed by atoms with Gasteiger partial charge in [0.05, 0.1) is 11.8 Å². The van der Waals surface area contributed by atoms with Gasteiger partial charge in [0.15, 0.2) is 5.82 Å². The molecule has 0 atom stereocenters. The molecule has 2 rings (SSSR count). The smallest absolute Gasteiger partial charge is 0.162 e. The van der Waals surface area contributed by atoms with E-state index >= 15 is 0 Å². The third kappa shape index (κ3) is 2.03. The zero-order valence-electron chi connectivity index (χ0n) is 9.18. The molecule has 0 bridgehead atoms. The summed E-state index contributed by atoms with van der Waals surface area (Å²) in [6.07, 6.45) is 5.49. The van der Waals surface area contributed by atoms with Crippen molar-refractivity contribution in [1.82, 2.24) is 19.7 Å². The van der Waals surface area contributed by atoms with Gasteiger partial charge in [-0.2, -0.15) is 5.10 Å². The standard InChI is InChI=1S/C11H14N4/c1-8(2)10-4-5-12-11(14-10)9-6-13-15(3)7-9/h4-8H,1-3H3. The summed E-state index contributed by atoms with van der Waals surface area (Å²) in [5.41, 5.74) is 2.02. The monoisotopic (exact) mass is 202 g/mol. The van der Waals surface area contributed by atoms with Gasteiger partial charge in [-0.3, -0.25) is 4.68 Å². The summed E-state index contributed by atoms with van der Waals surface area (Å²) in [6, 6.07) is 1.95. The van der Waals surface area contributed by atoms with Crippen molar-refractivity contribution in [2.24, 2.45) is 7.05 Å². The van der Waals surface area contributed by atoms with Crippen LogP contribution >= 0.6 is 0 Å². The van der Waals surface area contributed by atoms with E-state index in [0.717, 1.165) is 17.1 Å². The topological polar surface area (TPSA) is 43.6 Å². The molecule has 0 fully saturated rings. The zero-order chi connectivity index (χ0) is 10.8. The third-order valence-corrected chi connectivity index (χ3v) is 2.23. The van der Waals surface area contributed by atoms with Crippen LogP contribution in [-0.4, -0.2) is 19.7 Å². The quantitative estimate of drug-likeness (QED) is 0.748. The summed E-state index contributed by atoms with van der Waals surface area (Å²) < 4.78 is 1.75. The van der Waals surface area contributed by atoms with E-state index in [1.807, 2.05) is 19.3 Å². The Hall–Kier alpha value is -1.71. The van der Waals surface area contributed by atoms with Crippen LogP contribution < -0.4 is 0 Å². The Kier molecular flexibility index (Phi) is 2.49. The van der Waals surface area contributed by atoms with Crippen molar-refractivity contribution in [2.75, 3.05) is 0 Å². The van der Waals surface area contributed by atoms with Crippen LogP contribution in [0.25, 0.3) is 11.4 Å². The number of hydrogen-bond acceptors (Lipinski definition) is 3. The van der Waals surface area contributed by atoms with Crippen LogP contribution in [0.3, 0.4) is 0 Å². The highest BCUT2D eigenvalue weighted by Crippen LogP contribution is 2.16. The van der Waals surface area contributed by atoms with Gasteiger partial charge in [-0.1, -0.05) is 13.8 Å². The molecule has 0 radical (unpaired) electrons. The highest BCUT2D eigenvalue weighted by atomic mass is 15.2. The predicted octanol–water partition coefficient (Wildman–Crippen LogP) is 2.00. The van der Waals surface area contributed by atoms with Crippen molar-refractivity contribution in [3.63, 3.8) is 0 Å². The van der Waals surface area contributed by atoms with Crippen LogP contribution in [-0.2, 0) is 7.05 Å². The summed E-state index contributed by atoms with van der Waals surface area (Å²) in [4.78, 5) is 8.73. The van der Waals surface area contributed by atoms with Crippen molar-refractivity contribution >= 4 is 0 Å². The Morgan fingerprint density at radius 2 is 2.13 bits per heavy atom. The van der Waals surface area contributed by atoms with Gasteiger partial charge >= 0.3 is 0 Å². The fourth-order valence-corrected chi connectivity index (χ4v) is 1.37. The molecule has 0 N–H and O–H groups in total. The number of rotatable bonds is 2. The number of hydrogen-bond donors (Lipinski definition) is 0. The van der Waals surface area contributed by atoms with Gasteiger partial charge in [-0.05, 0) is 12.0 Å². The molecule has 78 valence electrons. The Labute approximate surface area is 89.0 Å². The molecule has 4 heteroatoms. The van der Waals surface area contributed by atoms with Crippen LogP contribution in [0.5, 0.6) is 0 Å². The third-order valence-electron chi connectivity index (χ3n) is 2.23. The summed E-state index contributed by atoms with van der Waals surface area (Å²) in [7, 11) is 1.88. The second-order valence-electron chi connectivity index (χ2n) is 3.86. The molecule has 2 aromatic heterocycles. The summed E-state index contributed by atoms with van der Waals surface area (Å²) >= 11 is 0. The van der Waals surface area contributed by atoms with E-state index in [-0.39, 0.29) is 0 Å². The maximum atomic E-state index is 4.49. The van der Waals surface area contributed by atoms with Crippen molar-refractivity contribution in [1.29, 1.82) is 0 Å². The maximum absolute atomic E-state index is 4.49. The lowest BCUT2D eigenvalue weighted by atomic mass is 10.1. The first kappa shape index (κ1) is 9.83. The van der Waals surface area contributed by atoms with Crippen LogP contribution in [0, 0.1) is 0 Å². The largest absolute Gasteiger partial charge is 0.275 e. The van der Waals surface area contributed by atoms with Gasteiger partial charge < -0.3 is 0 Å². The molecule has 0 aliphatic carbocycles. The SMILES string of the molecule is CC(C)c1ccnc(-c2cnn(C)c2)n1. The minimum absolute atomic E-state index is 0.420. The van der Waals surface area contributed by atoms with E-state index in [0.29, 0.717) is 5.92 Å².